The van der Waals surface area contributed by atoms with Crippen LogP contribution in [-0.2, 0) is 6.54 Å². The van der Waals surface area contributed by atoms with Crippen LogP contribution in [0.15, 0.2) is 36.7 Å². The molecule has 1 aromatic carbocycles. The highest BCUT2D eigenvalue weighted by Crippen LogP contribution is 2.11. The molecule has 0 spiro atoms. The Labute approximate surface area is 112 Å². The maximum absolute atomic E-state index is 11.4. The lowest BCUT2D eigenvalue weighted by Crippen LogP contribution is -2.19. The number of aromatic nitrogens is 2. The first-order chi connectivity index (χ1) is 9.20. The number of H-pyrrole nitrogens is 1. The number of hydrogen-bond donors (Lipinski definition) is 3. The van der Waals surface area contributed by atoms with E-state index in [1.165, 1.54) is 0 Å². The van der Waals surface area contributed by atoms with Gasteiger partial charge < -0.3 is 10.6 Å². The molecule has 0 aliphatic heterocycles. The average molecular weight is 258 g/mol. The molecule has 1 aromatic heterocycles. The molecule has 1 amide bonds. The summed E-state index contributed by atoms with van der Waals surface area (Å²) >= 11 is 0. The largest absolute Gasteiger partial charge is 0.355 e. The van der Waals surface area contributed by atoms with Gasteiger partial charge in [0.25, 0.3) is 5.91 Å². The van der Waals surface area contributed by atoms with E-state index < -0.39 is 0 Å². The number of nitrogens with one attached hydrogen (secondary N) is 3. The number of rotatable bonds is 5. The molecule has 1 unspecified atom stereocenters. The molecule has 1 heterocycles. The average Bonchev–Trinajstić information content (AvgIpc) is 2.98. The highest BCUT2D eigenvalue weighted by Gasteiger charge is 2.06. The van der Waals surface area contributed by atoms with E-state index in [0.29, 0.717) is 5.56 Å². The number of amides is 1. The first kappa shape index (κ1) is 13.3. The van der Waals surface area contributed by atoms with Gasteiger partial charge in [-0.15, -0.1) is 0 Å². The molecule has 3 N–H and O–H groups in total. The van der Waals surface area contributed by atoms with Crippen LogP contribution in [0.4, 0.5) is 0 Å². The fourth-order valence-electron chi connectivity index (χ4n) is 1.80. The third kappa shape index (κ3) is 3.42. The van der Waals surface area contributed by atoms with Crippen molar-refractivity contribution >= 4 is 5.91 Å². The van der Waals surface area contributed by atoms with Gasteiger partial charge in [-0.2, -0.15) is 5.10 Å². The monoisotopic (exact) mass is 258 g/mol. The fourth-order valence-corrected chi connectivity index (χ4v) is 1.80. The van der Waals surface area contributed by atoms with Crippen LogP contribution in [-0.4, -0.2) is 23.2 Å². The molecule has 0 saturated carbocycles. The zero-order chi connectivity index (χ0) is 13.7. The van der Waals surface area contributed by atoms with E-state index in [0.717, 1.165) is 17.7 Å². The van der Waals surface area contributed by atoms with Crippen molar-refractivity contribution in [1.29, 1.82) is 0 Å². The van der Waals surface area contributed by atoms with Crippen LogP contribution in [0.1, 0.15) is 34.5 Å². The van der Waals surface area contributed by atoms with Crippen LogP contribution < -0.4 is 10.6 Å². The lowest BCUT2D eigenvalue weighted by atomic mass is 10.1. The second-order valence-electron chi connectivity index (χ2n) is 4.41. The summed E-state index contributed by atoms with van der Waals surface area (Å²) in [6.45, 7) is 2.84. The van der Waals surface area contributed by atoms with Crippen molar-refractivity contribution in [2.75, 3.05) is 7.05 Å². The molecule has 0 bridgehead atoms. The van der Waals surface area contributed by atoms with Gasteiger partial charge in [0.15, 0.2) is 0 Å². The Hall–Kier alpha value is -2.14. The molecular weight excluding hydrogens is 240 g/mol. The van der Waals surface area contributed by atoms with E-state index in [-0.39, 0.29) is 11.9 Å². The van der Waals surface area contributed by atoms with E-state index in [2.05, 4.69) is 27.8 Å². The number of carbonyl (C=O) groups is 1. The van der Waals surface area contributed by atoms with E-state index in [4.69, 9.17) is 0 Å². The highest BCUT2D eigenvalue weighted by atomic mass is 16.1. The Balaban J connectivity index is 1.91. The summed E-state index contributed by atoms with van der Waals surface area (Å²) in [6, 6.07) is 7.81. The van der Waals surface area contributed by atoms with Gasteiger partial charge in [-0.3, -0.25) is 9.89 Å². The van der Waals surface area contributed by atoms with Crippen LogP contribution in [0, 0.1) is 0 Å². The van der Waals surface area contributed by atoms with Gasteiger partial charge in [0.1, 0.15) is 0 Å². The first-order valence-corrected chi connectivity index (χ1v) is 6.24. The number of benzene rings is 1. The minimum absolute atomic E-state index is 0.0636. The minimum Gasteiger partial charge on any atom is -0.355 e. The summed E-state index contributed by atoms with van der Waals surface area (Å²) in [5.74, 6) is -0.0636. The van der Waals surface area contributed by atoms with Crippen molar-refractivity contribution in [2.24, 2.45) is 0 Å². The molecule has 0 saturated heterocycles. The molecule has 1 atom stereocenters. The molecule has 2 rings (SSSR count). The van der Waals surface area contributed by atoms with Gasteiger partial charge >= 0.3 is 0 Å². The first-order valence-electron chi connectivity index (χ1n) is 6.24. The van der Waals surface area contributed by atoms with Crippen molar-refractivity contribution in [1.82, 2.24) is 20.8 Å². The molecule has 2 aromatic rings. The van der Waals surface area contributed by atoms with Gasteiger partial charge in [-0.1, -0.05) is 12.1 Å². The van der Waals surface area contributed by atoms with Crippen LogP contribution in [0.5, 0.6) is 0 Å². The van der Waals surface area contributed by atoms with Gasteiger partial charge in [-0.05, 0) is 24.6 Å². The Morgan fingerprint density at radius 1 is 1.37 bits per heavy atom. The lowest BCUT2D eigenvalue weighted by Gasteiger charge is -2.12. The number of nitrogens with zero attached hydrogens (tertiary/aromatic N) is 1. The topological polar surface area (TPSA) is 69.8 Å². The zero-order valence-electron chi connectivity index (χ0n) is 11.1. The Bertz CT molecular complexity index is 519. The van der Waals surface area contributed by atoms with Crippen molar-refractivity contribution in [3.05, 3.63) is 53.3 Å². The van der Waals surface area contributed by atoms with Crippen molar-refractivity contribution < 1.29 is 4.79 Å². The highest BCUT2D eigenvalue weighted by molar-refractivity contribution is 5.93. The molecule has 100 valence electrons. The summed E-state index contributed by atoms with van der Waals surface area (Å²) in [6.07, 6.45) is 3.69. The second-order valence-corrected chi connectivity index (χ2v) is 4.41. The third-order valence-electron chi connectivity index (χ3n) is 3.07. The predicted molar refractivity (Wildman–Crippen MR) is 73.7 cm³/mol. The summed E-state index contributed by atoms with van der Waals surface area (Å²) < 4.78 is 0. The summed E-state index contributed by atoms with van der Waals surface area (Å²) in [5.41, 5.74) is 2.94. The number of aromatic amines is 1. The molecule has 0 fully saturated rings. The summed E-state index contributed by atoms with van der Waals surface area (Å²) in [7, 11) is 1.63. The van der Waals surface area contributed by atoms with Crippen LogP contribution >= 0.6 is 0 Å². The Morgan fingerprint density at radius 2 is 2.11 bits per heavy atom. The molecule has 5 heteroatoms. The molecule has 0 radical (unpaired) electrons. The standard InChI is InChI=1S/C14H18N4O/c1-10(13-8-17-18-9-13)16-7-11-3-5-12(6-4-11)14(19)15-2/h3-6,8-10,16H,7H2,1-2H3,(H,15,19)(H,17,18). The third-order valence-corrected chi connectivity index (χ3v) is 3.07. The molecular formula is C14H18N4O. The SMILES string of the molecule is CNC(=O)c1ccc(CNC(C)c2cn[nH]c2)cc1. The van der Waals surface area contributed by atoms with E-state index in [9.17, 15) is 4.79 Å². The second kappa shape index (κ2) is 6.15. The normalized spacial score (nSPS) is 12.1. The minimum atomic E-state index is -0.0636. The maximum Gasteiger partial charge on any atom is 0.251 e. The van der Waals surface area contributed by atoms with Crippen LogP contribution in [0.2, 0.25) is 0 Å². The van der Waals surface area contributed by atoms with Crippen molar-refractivity contribution in [3.8, 4) is 0 Å². The van der Waals surface area contributed by atoms with E-state index >= 15 is 0 Å². The van der Waals surface area contributed by atoms with Crippen molar-refractivity contribution in [2.45, 2.75) is 19.5 Å². The summed E-state index contributed by atoms with van der Waals surface area (Å²) in [4.78, 5) is 11.4. The molecule has 0 aliphatic carbocycles. The van der Waals surface area contributed by atoms with Gasteiger partial charge in [0.2, 0.25) is 0 Å². The van der Waals surface area contributed by atoms with Crippen molar-refractivity contribution in [3.63, 3.8) is 0 Å². The van der Waals surface area contributed by atoms with E-state index in [1.807, 2.05) is 36.7 Å². The van der Waals surface area contributed by atoms with Crippen LogP contribution in [0.25, 0.3) is 0 Å². The number of hydrogen-bond acceptors (Lipinski definition) is 3. The number of carbonyl (C=O) groups excluding carboxylic acids is 1. The molecule has 5 nitrogen and oxygen atoms in total. The Kier molecular flexibility index (Phi) is 4.30. The Morgan fingerprint density at radius 3 is 2.68 bits per heavy atom. The lowest BCUT2D eigenvalue weighted by molar-refractivity contribution is 0.0963. The van der Waals surface area contributed by atoms with Gasteiger partial charge in [0, 0.05) is 37.0 Å². The molecule has 0 aliphatic rings. The fraction of sp³-hybridized carbons (Fsp3) is 0.286. The summed E-state index contributed by atoms with van der Waals surface area (Å²) in [5, 5.41) is 12.7. The predicted octanol–water partition coefficient (Wildman–Crippen LogP) is 1.62. The van der Waals surface area contributed by atoms with E-state index in [1.54, 1.807) is 7.05 Å². The maximum atomic E-state index is 11.4. The van der Waals surface area contributed by atoms with Gasteiger partial charge in [-0.25, -0.2) is 0 Å². The zero-order valence-corrected chi connectivity index (χ0v) is 11.1. The smallest absolute Gasteiger partial charge is 0.251 e. The van der Waals surface area contributed by atoms with Crippen LogP contribution in [0.3, 0.4) is 0 Å². The van der Waals surface area contributed by atoms with Gasteiger partial charge in [0.05, 0.1) is 6.20 Å². The molecule has 19 heavy (non-hydrogen) atoms. The quantitative estimate of drug-likeness (QED) is 0.763.